The van der Waals surface area contributed by atoms with E-state index in [1.54, 1.807) is 0 Å². The van der Waals surface area contributed by atoms with E-state index in [1.165, 1.54) is 0 Å². The Labute approximate surface area is 56.8 Å². The highest BCUT2D eigenvalue weighted by Crippen LogP contribution is 2.22. The molecule has 0 bridgehead atoms. The van der Waals surface area contributed by atoms with E-state index in [4.69, 9.17) is 9.69 Å². The minimum atomic E-state index is -0.291. The molecule has 0 unspecified atom stereocenters. The molecule has 0 aromatic carbocycles. The number of thiocyanates is 1. The van der Waals surface area contributed by atoms with Crippen molar-refractivity contribution >= 4 is 22.2 Å². The molecule has 0 spiro atoms. The van der Waals surface area contributed by atoms with E-state index in [9.17, 15) is 0 Å². The molecular formula is C4H9NOSSi. The second-order valence-electron chi connectivity index (χ2n) is 1.80. The lowest BCUT2D eigenvalue weighted by atomic mass is 10.5. The molecule has 46 valence electrons. The summed E-state index contributed by atoms with van der Waals surface area (Å²) in [5.74, 6) is 0. The summed E-state index contributed by atoms with van der Waals surface area (Å²) in [5, 5.41) is 10.2. The van der Waals surface area contributed by atoms with Gasteiger partial charge in [-0.15, -0.1) is 0 Å². The zero-order valence-corrected chi connectivity index (χ0v) is 8.08. The second-order valence-corrected chi connectivity index (χ2v) is 3.58. The van der Waals surface area contributed by atoms with Crippen molar-refractivity contribution in [3.05, 3.63) is 0 Å². The predicted molar refractivity (Wildman–Crippen MR) is 38.3 cm³/mol. The summed E-state index contributed by atoms with van der Waals surface area (Å²) in [6.07, 6.45) is 0. The van der Waals surface area contributed by atoms with Crippen LogP contribution in [0.5, 0.6) is 0 Å². The molecule has 2 nitrogen and oxygen atoms in total. The van der Waals surface area contributed by atoms with E-state index in [0.29, 0.717) is 10.5 Å². The van der Waals surface area contributed by atoms with Crippen molar-refractivity contribution in [3.8, 4) is 5.40 Å². The Morgan fingerprint density at radius 1 is 1.75 bits per heavy atom. The minimum absolute atomic E-state index is 0.291. The van der Waals surface area contributed by atoms with Crippen LogP contribution in [0.3, 0.4) is 0 Å². The minimum Gasteiger partial charge on any atom is -0.413 e. The third kappa shape index (κ3) is 3.08. The molecule has 0 N–H and O–H groups in total. The fourth-order valence-corrected chi connectivity index (χ4v) is 0.705. The summed E-state index contributed by atoms with van der Waals surface area (Å²) in [7, 11) is 0.690. The summed E-state index contributed by atoms with van der Waals surface area (Å²) in [6, 6.07) is 0. The Bertz CT molecular complexity index is 109. The van der Waals surface area contributed by atoms with Crippen LogP contribution in [0.15, 0.2) is 0 Å². The first-order valence-corrected chi connectivity index (χ1v) is 3.88. The van der Waals surface area contributed by atoms with Crippen LogP contribution in [-0.4, -0.2) is 15.4 Å². The van der Waals surface area contributed by atoms with Gasteiger partial charge >= 0.3 is 0 Å². The summed E-state index contributed by atoms with van der Waals surface area (Å²) in [6.45, 7) is 3.77. The quantitative estimate of drug-likeness (QED) is 0.318. The van der Waals surface area contributed by atoms with E-state index in [-0.39, 0.29) is 4.93 Å². The molecule has 0 amide bonds. The molecule has 0 aliphatic carbocycles. The maximum atomic E-state index is 8.18. The SMILES string of the molecule is CC(C)(O[SiH3])SC#N. The number of thioether (sulfide) groups is 1. The van der Waals surface area contributed by atoms with Crippen molar-refractivity contribution in [2.24, 2.45) is 0 Å². The van der Waals surface area contributed by atoms with Crippen LogP contribution in [0.2, 0.25) is 0 Å². The second kappa shape index (κ2) is 3.12. The van der Waals surface area contributed by atoms with Gasteiger partial charge in [-0.1, -0.05) is 0 Å². The van der Waals surface area contributed by atoms with Crippen molar-refractivity contribution < 1.29 is 4.43 Å². The first-order valence-electron chi connectivity index (χ1n) is 2.24. The highest BCUT2D eigenvalue weighted by atomic mass is 32.2. The van der Waals surface area contributed by atoms with Crippen molar-refractivity contribution in [3.63, 3.8) is 0 Å². The maximum Gasteiger partial charge on any atom is 0.147 e. The van der Waals surface area contributed by atoms with Gasteiger partial charge in [-0.2, -0.15) is 5.26 Å². The zero-order valence-electron chi connectivity index (χ0n) is 5.26. The fraction of sp³-hybridized carbons (Fsp3) is 0.750. The molecule has 8 heavy (non-hydrogen) atoms. The van der Waals surface area contributed by atoms with E-state index < -0.39 is 0 Å². The van der Waals surface area contributed by atoms with Gasteiger partial charge in [-0.3, -0.25) is 0 Å². The Balaban J connectivity index is 3.58. The van der Waals surface area contributed by atoms with Crippen LogP contribution in [0, 0.1) is 10.7 Å². The summed E-state index contributed by atoms with van der Waals surface area (Å²) < 4.78 is 5.06. The molecule has 0 rings (SSSR count). The van der Waals surface area contributed by atoms with Crippen molar-refractivity contribution in [2.75, 3.05) is 0 Å². The highest BCUT2D eigenvalue weighted by Gasteiger charge is 2.14. The Hall–Kier alpha value is 0.0169. The lowest BCUT2D eigenvalue weighted by Gasteiger charge is -2.17. The van der Waals surface area contributed by atoms with Gasteiger partial charge in [-0.25, -0.2) is 0 Å². The molecule has 0 radical (unpaired) electrons. The lowest BCUT2D eigenvalue weighted by molar-refractivity contribution is 0.230. The van der Waals surface area contributed by atoms with Gasteiger partial charge in [0.1, 0.15) is 20.8 Å². The third-order valence-electron chi connectivity index (χ3n) is 0.783. The molecule has 0 aromatic rings. The van der Waals surface area contributed by atoms with Crippen LogP contribution < -0.4 is 0 Å². The van der Waals surface area contributed by atoms with Gasteiger partial charge in [0.05, 0.1) is 0 Å². The van der Waals surface area contributed by atoms with E-state index >= 15 is 0 Å². The lowest BCUT2D eigenvalue weighted by Crippen LogP contribution is -2.16. The van der Waals surface area contributed by atoms with Crippen LogP contribution >= 0.6 is 11.8 Å². The monoisotopic (exact) mass is 147 g/mol. The zero-order chi connectivity index (χ0) is 6.62. The van der Waals surface area contributed by atoms with Crippen molar-refractivity contribution in [1.82, 2.24) is 0 Å². The van der Waals surface area contributed by atoms with Crippen molar-refractivity contribution in [1.29, 1.82) is 5.26 Å². The van der Waals surface area contributed by atoms with E-state index in [2.05, 4.69) is 0 Å². The normalized spacial score (nSPS) is 11.1. The van der Waals surface area contributed by atoms with Crippen LogP contribution in [0.4, 0.5) is 0 Å². The number of hydrogen-bond donors (Lipinski definition) is 0. The Kier molecular flexibility index (Phi) is 3.13. The predicted octanol–water partition coefficient (Wildman–Crippen LogP) is 0.234. The average molecular weight is 147 g/mol. The molecule has 0 aliphatic rings. The smallest absolute Gasteiger partial charge is 0.147 e. The number of rotatable bonds is 2. The molecular weight excluding hydrogens is 138 g/mol. The van der Waals surface area contributed by atoms with Gasteiger partial charge in [0.15, 0.2) is 0 Å². The summed E-state index contributed by atoms with van der Waals surface area (Å²) in [4.78, 5) is -0.291. The molecule has 0 fully saturated rings. The van der Waals surface area contributed by atoms with Gasteiger partial charge in [0.25, 0.3) is 0 Å². The van der Waals surface area contributed by atoms with E-state index in [1.807, 2.05) is 19.2 Å². The first kappa shape index (κ1) is 8.02. The van der Waals surface area contributed by atoms with Gasteiger partial charge in [0, 0.05) is 0 Å². The van der Waals surface area contributed by atoms with Crippen LogP contribution in [0.25, 0.3) is 0 Å². The summed E-state index contributed by atoms with van der Waals surface area (Å²) in [5.41, 5.74) is 0. The van der Waals surface area contributed by atoms with Crippen molar-refractivity contribution in [2.45, 2.75) is 18.8 Å². The third-order valence-corrected chi connectivity index (χ3v) is 2.85. The molecule has 4 heteroatoms. The largest absolute Gasteiger partial charge is 0.413 e. The first-order chi connectivity index (χ1) is 3.62. The Morgan fingerprint density at radius 2 is 2.25 bits per heavy atom. The number of hydrogen-bond acceptors (Lipinski definition) is 3. The maximum absolute atomic E-state index is 8.18. The molecule has 0 aliphatic heterocycles. The average Bonchev–Trinajstić information content (AvgIpc) is 1.67. The summed E-state index contributed by atoms with van der Waals surface area (Å²) >= 11 is 1.15. The number of nitriles is 1. The molecule has 0 heterocycles. The molecule has 0 aromatic heterocycles. The standard InChI is InChI=1S/C4H9NOSSi/c1-4(2,6-8)7-3-5/h1-2,8H3. The molecule has 0 atom stereocenters. The highest BCUT2D eigenvalue weighted by molar-refractivity contribution is 8.04. The van der Waals surface area contributed by atoms with Crippen LogP contribution in [0.1, 0.15) is 13.8 Å². The van der Waals surface area contributed by atoms with Crippen LogP contribution in [-0.2, 0) is 4.43 Å². The van der Waals surface area contributed by atoms with Gasteiger partial charge < -0.3 is 4.43 Å². The van der Waals surface area contributed by atoms with Gasteiger partial charge in [0.2, 0.25) is 0 Å². The number of nitrogens with zero attached hydrogens (tertiary/aromatic N) is 1. The molecule has 0 saturated carbocycles. The fourth-order valence-electron chi connectivity index (χ4n) is 0.152. The topological polar surface area (TPSA) is 33.0 Å². The Morgan fingerprint density at radius 3 is 2.38 bits per heavy atom. The molecule has 0 saturated heterocycles. The van der Waals surface area contributed by atoms with Gasteiger partial charge in [-0.05, 0) is 25.6 Å². The van der Waals surface area contributed by atoms with E-state index in [0.717, 1.165) is 11.8 Å².